The fourth-order valence-corrected chi connectivity index (χ4v) is 5.46. The lowest BCUT2D eigenvalue weighted by molar-refractivity contribution is 0.794. The molecule has 0 saturated carbocycles. The van der Waals surface area contributed by atoms with Crippen molar-refractivity contribution < 1.29 is 0 Å². The van der Waals surface area contributed by atoms with Gasteiger partial charge in [-0.3, -0.25) is 3.71 Å². The van der Waals surface area contributed by atoms with Gasteiger partial charge in [-0.25, -0.2) is 0 Å². The summed E-state index contributed by atoms with van der Waals surface area (Å²) in [6, 6.07) is 33.0. The third kappa shape index (κ3) is 1.86. The van der Waals surface area contributed by atoms with E-state index in [4.69, 9.17) is 0 Å². The Morgan fingerprint density at radius 2 is 0.929 bits per heavy atom. The maximum absolute atomic E-state index is 4.43. The van der Waals surface area contributed by atoms with Gasteiger partial charge in [0.05, 0.1) is 11.1 Å². The molecule has 4 aromatic rings. The smallest absolute Gasteiger partial charge is 0.0726 e. The molecule has 6 rings (SSSR count). The van der Waals surface area contributed by atoms with Gasteiger partial charge in [0.15, 0.2) is 0 Å². The zero-order valence-corrected chi connectivity index (χ0v) is 16.8. The Morgan fingerprint density at radius 3 is 1.39 bits per heavy atom. The van der Waals surface area contributed by atoms with Gasteiger partial charge >= 0.3 is 0 Å². The summed E-state index contributed by atoms with van der Waals surface area (Å²) in [5.74, 6) is 0. The summed E-state index contributed by atoms with van der Waals surface area (Å²) in [7, 11) is 0. The molecule has 0 unspecified atom stereocenters. The van der Waals surface area contributed by atoms with Crippen LogP contribution < -0.4 is 3.71 Å². The van der Waals surface area contributed by atoms with Crippen molar-refractivity contribution in [3.63, 3.8) is 0 Å². The molecule has 0 aromatic heterocycles. The highest BCUT2D eigenvalue weighted by molar-refractivity contribution is 8.00. The Bertz CT molecular complexity index is 1200. The van der Waals surface area contributed by atoms with Crippen molar-refractivity contribution in [1.82, 2.24) is 0 Å². The predicted molar refractivity (Wildman–Crippen MR) is 123 cm³/mol. The molecule has 0 fully saturated rings. The Balaban J connectivity index is 1.83. The highest BCUT2D eigenvalue weighted by Gasteiger charge is 2.51. The lowest BCUT2D eigenvalue weighted by atomic mass is 9.70. The standard InChI is InChI=1S/C25H17NS2/c27-26(28)16-13-14-20-19-9-3-6-12-23(19)25(24(20)15-16)21-10-4-1-7-17(21)18-8-2-5-11-22(18)25/h1-15,27-28H. The fourth-order valence-electron chi connectivity index (χ4n) is 5.21. The molecule has 2 aliphatic rings. The molecule has 28 heavy (non-hydrogen) atoms. The molecule has 0 atom stereocenters. The normalized spacial score (nSPS) is 14.4. The lowest BCUT2D eigenvalue weighted by Gasteiger charge is -2.30. The van der Waals surface area contributed by atoms with Gasteiger partial charge in [0.1, 0.15) is 0 Å². The van der Waals surface area contributed by atoms with Gasteiger partial charge < -0.3 is 0 Å². The van der Waals surface area contributed by atoms with Crippen molar-refractivity contribution in [3.8, 4) is 22.3 Å². The molecule has 0 radical (unpaired) electrons. The zero-order valence-electron chi connectivity index (χ0n) is 15.0. The van der Waals surface area contributed by atoms with Crippen LogP contribution in [0.15, 0.2) is 91.0 Å². The van der Waals surface area contributed by atoms with E-state index < -0.39 is 0 Å². The average molecular weight is 396 g/mol. The highest BCUT2D eigenvalue weighted by atomic mass is 32.2. The minimum absolute atomic E-state index is 0.299. The van der Waals surface area contributed by atoms with Crippen LogP contribution in [-0.2, 0) is 5.41 Å². The maximum Gasteiger partial charge on any atom is 0.0726 e. The number of rotatable bonds is 1. The van der Waals surface area contributed by atoms with E-state index in [0.29, 0.717) is 0 Å². The molecule has 1 spiro atoms. The van der Waals surface area contributed by atoms with Crippen molar-refractivity contribution in [2.24, 2.45) is 0 Å². The molecule has 0 saturated heterocycles. The van der Waals surface area contributed by atoms with E-state index in [1.54, 1.807) is 3.71 Å². The van der Waals surface area contributed by atoms with Gasteiger partial charge in [-0.05, 0) is 56.6 Å². The van der Waals surface area contributed by atoms with Crippen LogP contribution in [0.4, 0.5) is 5.69 Å². The molecule has 0 amide bonds. The van der Waals surface area contributed by atoms with Crippen LogP contribution in [-0.4, -0.2) is 0 Å². The van der Waals surface area contributed by atoms with Crippen molar-refractivity contribution in [2.45, 2.75) is 5.41 Å². The molecular weight excluding hydrogens is 378 g/mol. The molecule has 0 heterocycles. The summed E-state index contributed by atoms with van der Waals surface area (Å²) in [4.78, 5) is 0. The minimum atomic E-state index is -0.299. The van der Waals surface area contributed by atoms with Crippen LogP contribution in [0.3, 0.4) is 0 Å². The molecule has 0 aliphatic heterocycles. The number of thiol groups is 2. The second-order valence-corrected chi connectivity index (χ2v) is 8.52. The van der Waals surface area contributed by atoms with Crippen LogP contribution in [0, 0.1) is 0 Å². The number of benzene rings is 4. The highest BCUT2D eigenvalue weighted by Crippen LogP contribution is 2.62. The van der Waals surface area contributed by atoms with Crippen LogP contribution in [0.2, 0.25) is 0 Å². The van der Waals surface area contributed by atoms with Crippen molar-refractivity contribution >= 4 is 31.3 Å². The summed E-state index contributed by atoms with van der Waals surface area (Å²) in [5, 5.41) is 0. The van der Waals surface area contributed by atoms with E-state index in [2.05, 4.69) is 117 Å². The van der Waals surface area contributed by atoms with E-state index in [1.807, 2.05) is 0 Å². The summed E-state index contributed by atoms with van der Waals surface area (Å²) in [5.41, 5.74) is 11.3. The second kappa shape index (κ2) is 5.69. The molecule has 0 N–H and O–H groups in total. The van der Waals surface area contributed by atoms with E-state index in [9.17, 15) is 0 Å². The number of fused-ring (bicyclic) bond motifs is 10. The second-order valence-electron chi connectivity index (χ2n) is 7.41. The van der Waals surface area contributed by atoms with Crippen LogP contribution in [0.5, 0.6) is 0 Å². The first-order valence-electron chi connectivity index (χ1n) is 9.34. The SMILES string of the molecule is SN(S)c1ccc2c(c1)C1(c3ccccc3-c3ccccc31)c1ccccc1-2. The van der Waals surface area contributed by atoms with Crippen molar-refractivity contribution in [3.05, 3.63) is 113 Å². The summed E-state index contributed by atoms with van der Waals surface area (Å²) in [6.07, 6.45) is 0. The van der Waals surface area contributed by atoms with Crippen molar-refractivity contribution in [2.75, 3.05) is 3.71 Å². The minimum Gasteiger partial charge on any atom is -0.265 e. The fraction of sp³-hybridized carbons (Fsp3) is 0.0400. The third-order valence-corrected chi connectivity index (χ3v) is 6.67. The van der Waals surface area contributed by atoms with Crippen LogP contribution in [0.1, 0.15) is 22.3 Å². The topological polar surface area (TPSA) is 3.24 Å². The molecular formula is C25H17NS2. The lowest BCUT2D eigenvalue weighted by Crippen LogP contribution is -2.25. The van der Waals surface area contributed by atoms with Gasteiger partial charge in [-0.15, -0.1) is 0 Å². The van der Waals surface area contributed by atoms with Gasteiger partial charge in [-0.1, -0.05) is 104 Å². The first kappa shape index (κ1) is 16.3. The predicted octanol–water partition coefficient (Wildman–Crippen LogP) is 6.53. The summed E-state index contributed by atoms with van der Waals surface area (Å²) < 4.78 is 1.59. The quantitative estimate of drug-likeness (QED) is 0.300. The van der Waals surface area contributed by atoms with Gasteiger partial charge in [0.25, 0.3) is 0 Å². The Labute approximate surface area is 175 Å². The molecule has 3 heteroatoms. The van der Waals surface area contributed by atoms with E-state index >= 15 is 0 Å². The Kier molecular flexibility index (Phi) is 3.32. The Hall–Kier alpha value is -2.62. The van der Waals surface area contributed by atoms with E-state index in [1.165, 1.54) is 44.5 Å². The van der Waals surface area contributed by atoms with Crippen LogP contribution in [0.25, 0.3) is 22.3 Å². The van der Waals surface area contributed by atoms with Crippen LogP contribution >= 0.6 is 25.6 Å². The van der Waals surface area contributed by atoms with Crippen molar-refractivity contribution in [1.29, 1.82) is 0 Å². The average Bonchev–Trinajstić information content (AvgIpc) is 3.21. The number of hydrogen-bond acceptors (Lipinski definition) is 3. The summed E-state index contributed by atoms with van der Waals surface area (Å²) in [6.45, 7) is 0. The monoisotopic (exact) mass is 395 g/mol. The Morgan fingerprint density at radius 1 is 0.500 bits per heavy atom. The molecule has 1 nitrogen and oxygen atoms in total. The van der Waals surface area contributed by atoms with Gasteiger partial charge in [0, 0.05) is 0 Å². The number of nitrogens with zero attached hydrogens (tertiary/aromatic N) is 1. The van der Waals surface area contributed by atoms with Gasteiger partial charge in [0.2, 0.25) is 0 Å². The molecule has 134 valence electrons. The van der Waals surface area contributed by atoms with E-state index in [-0.39, 0.29) is 5.41 Å². The first-order chi connectivity index (χ1) is 13.7. The molecule has 4 aromatic carbocycles. The zero-order chi connectivity index (χ0) is 18.9. The largest absolute Gasteiger partial charge is 0.265 e. The summed E-state index contributed by atoms with van der Waals surface area (Å²) >= 11 is 8.86. The first-order valence-corrected chi connectivity index (χ1v) is 10.1. The van der Waals surface area contributed by atoms with Gasteiger partial charge in [-0.2, -0.15) is 0 Å². The molecule has 2 aliphatic carbocycles. The third-order valence-electron chi connectivity index (χ3n) is 6.21. The number of hydrogen-bond donors (Lipinski definition) is 2. The number of anilines is 1. The van der Waals surface area contributed by atoms with E-state index in [0.717, 1.165) is 5.69 Å². The maximum atomic E-state index is 4.43. The molecule has 0 bridgehead atoms.